The molecular formula is C9H15N3O2S. The Hall–Kier alpha value is -1.14. The van der Waals surface area contributed by atoms with E-state index in [0.29, 0.717) is 18.7 Å². The molecule has 0 saturated heterocycles. The van der Waals surface area contributed by atoms with Crippen LogP contribution in [0.1, 0.15) is 25.5 Å². The van der Waals surface area contributed by atoms with Gasteiger partial charge in [-0.2, -0.15) is 0 Å². The van der Waals surface area contributed by atoms with Crippen LogP contribution in [0, 0.1) is 0 Å². The molecule has 0 spiro atoms. The summed E-state index contributed by atoms with van der Waals surface area (Å²) < 4.78 is 0. The number of hydrogen-bond donors (Lipinski definition) is 3. The molecule has 4 N–H and O–H groups in total. The van der Waals surface area contributed by atoms with E-state index in [9.17, 15) is 9.59 Å². The normalized spacial score (nSPS) is 12.4. The maximum absolute atomic E-state index is 11.4. The van der Waals surface area contributed by atoms with Crippen molar-refractivity contribution in [1.29, 1.82) is 0 Å². The summed E-state index contributed by atoms with van der Waals surface area (Å²) in [5.74, 6) is -0.177. The third kappa shape index (κ3) is 3.85. The van der Waals surface area contributed by atoms with E-state index in [1.165, 1.54) is 0 Å². The highest BCUT2D eigenvalue weighted by Gasteiger charge is 2.11. The Morgan fingerprint density at radius 3 is 3.00 bits per heavy atom. The minimum atomic E-state index is -0.458. The van der Waals surface area contributed by atoms with Gasteiger partial charge in [0.05, 0.1) is 12.6 Å². The van der Waals surface area contributed by atoms with Crippen molar-refractivity contribution < 1.29 is 4.79 Å². The van der Waals surface area contributed by atoms with Gasteiger partial charge in [0, 0.05) is 11.1 Å². The standard InChI is InChI=1S/C9H15N3O2S/c1-2-3-7(10)8(13)11-4-6-5-15-9(14)12-6/h5,7H,2-4,10H2,1H3,(H,11,13)(H,12,14). The molecule has 1 atom stereocenters. The third-order valence-electron chi connectivity index (χ3n) is 1.96. The topological polar surface area (TPSA) is 88.0 Å². The Morgan fingerprint density at radius 1 is 1.73 bits per heavy atom. The van der Waals surface area contributed by atoms with Crippen LogP contribution in [-0.2, 0) is 11.3 Å². The first-order valence-corrected chi connectivity index (χ1v) is 5.71. The highest BCUT2D eigenvalue weighted by Crippen LogP contribution is 1.96. The van der Waals surface area contributed by atoms with Crippen LogP contribution in [0.3, 0.4) is 0 Å². The smallest absolute Gasteiger partial charge is 0.304 e. The highest BCUT2D eigenvalue weighted by molar-refractivity contribution is 7.07. The molecule has 5 nitrogen and oxygen atoms in total. The molecule has 0 aliphatic heterocycles. The number of carbonyl (C=O) groups excluding carboxylic acids is 1. The largest absolute Gasteiger partial charge is 0.349 e. The lowest BCUT2D eigenvalue weighted by atomic mass is 10.2. The molecule has 1 aromatic rings. The number of rotatable bonds is 5. The zero-order valence-corrected chi connectivity index (χ0v) is 9.39. The van der Waals surface area contributed by atoms with E-state index in [2.05, 4.69) is 10.3 Å². The number of carbonyl (C=O) groups is 1. The molecule has 0 saturated carbocycles. The Kier molecular flexibility index (Phi) is 4.51. The quantitative estimate of drug-likeness (QED) is 0.673. The number of aromatic amines is 1. The fourth-order valence-electron chi connectivity index (χ4n) is 1.16. The van der Waals surface area contributed by atoms with Crippen molar-refractivity contribution in [2.75, 3.05) is 0 Å². The summed E-state index contributed by atoms with van der Waals surface area (Å²) in [6, 6.07) is -0.458. The lowest BCUT2D eigenvalue weighted by Gasteiger charge is -2.09. The summed E-state index contributed by atoms with van der Waals surface area (Å²) in [4.78, 5) is 24.7. The van der Waals surface area contributed by atoms with Gasteiger partial charge in [0.15, 0.2) is 0 Å². The second kappa shape index (κ2) is 5.67. The minimum absolute atomic E-state index is 0.114. The number of aromatic nitrogens is 1. The zero-order valence-electron chi connectivity index (χ0n) is 8.58. The van der Waals surface area contributed by atoms with Crippen LogP contribution in [0.5, 0.6) is 0 Å². The highest BCUT2D eigenvalue weighted by atomic mass is 32.1. The summed E-state index contributed by atoms with van der Waals surface area (Å²) in [5.41, 5.74) is 6.33. The molecule has 1 aromatic heterocycles. The van der Waals surface area contributed by atoms with Gasteiger partial charge in [-0.05, 0) is 6.42 Å². The van der Waals surface area contributed by atoms with E-state index in [-0.39, 0.29) is 10.8 Å². The molecule has 0 aromatic carbocycles. The maximum atomic E-state index is 11.4. The first kappa shape index (κ1) is 11.9. The Bertz CT molecular complexity index is 371. The van der Waals surface area contributed by atoms with Gasteiger partial charge in [-0.15, -0.1) is 0 Å². The molecule has 0 radical (unpaired) electrons. The summed E-state index contributed by atoms with van der Waals surface area (Å²) in [6.07, 6.45) is 1.55. The molecule has 1 rings (SSSR count). The minimum Gasteiger partial charge on any atom is -0.349 e. The van der Waals surface area contributed by atoms with Crippen LogP contribution in [0.2, 0.25) is 0 Å². The van der Waals surface area contributed by atoms with Crippen LogP contribution in [0.4, 0.5) is 0 Å². The summed E-state index contributed by atoms with van der Waals surface area (Å²) in [6.45, 7) is 2.30. The molecule has 84 valence electrons. The van der Waals surface area contributed by atoms with E-state index in [4.69, 9.17) is 5.73 Å². The van der Waals surface area contributed by atoms with Gasteiger partial charge in [0.2, 0.25) is 5.91 Å². The van der Waals surface area contributed by atoms with Crippen molar-refractivity contribution in [3.05, 3.63) is 20.7 Å². The summed E-state index contributed by atoms with van der Waals surface area (Å²) in [7, 11) is 0. The lowest BCUT2D eigenvalue weighted by molar-refractivity contribution is -0.122. The van der Waals surface area contributed by atoms with Gasteiger partial charge in [-0.1, -0.05) is 24.7 Å². The van der Waals surface area contributed by atoms with Gasteiger partial charge < -0.3 is 16.0 Å². The van der Waals surface area contributed by atoms with Crippen molar-refractivity contribution >= 4 is 17.2 Å². The van der Waals surface area contributed by atoms with Gasteiger partial charge in [0.1, 0.15) is 0 Å². The molecule has 0 fully saturated rings. The average Bonchev–Trinajstić information content (AvgIpc) is 2.61. The first-order chi connectivity index (χ1) is 7.13. The van der Waals surface area contributed by atoms with E-state index in [1.807, 2.05) is 6.92 Å². The Balaban J connectivity index is 2.37. The van der Waals surface area contributed by atoms with E-state index < -0.39 is 6.04 Å². The molecule has 1 heterocycles. The molecule has 6 heteroatoms. The number of H-pyrrole nitrogens is 1. The fourth-order valence-corrected chi connectivity index (χ4v) is 1.74. The lowest BCUT2D eigenvalue weighted by Crippen LogP contribution is -2.40. The predicted molar refractivity (Wildman–Crippen MR) is 59.7 cm³/mol. The molecule has 15 heavy (non-hydrogen) atoms. The van der Waals surface area contributed by atoms with Crippen LogP contribution < -0.4 is 15.9 Å². The third-order valence-corrected chi connectivity index (χ3v) is 2.68. The number of nitrogens with one attached hydrogen (secondary N) is 2. The van der Waals surface area contributed by atoms with E-state index in [0.717, 1.165) is 17.8 Å². The van der Waals surface area contributed by atoms with Crippen LogP contribution in [0.25, 0.3) is 0 Å². The van der Waals surface area contributed by atoms with Crippen molar-refractivity contribution in [1.82, 2.24) is 10.3 Å². The monoisotopic (exact) mass is 229 g/mol. The Labute approximate surface area is 91.7 Å². The van der Waals surface area contributed by atoms with Crippen molar-refractivity contribution in [2.24, 2.45) is 5.73 Å². The average molecular weight is 229 g/mol. The number of thiazole rings is 1. The van der Waals surface area contributed by atoms with Crippen molar-refractivity contribution in [3.63, 3.8) is 0 Å². The maximum Gasteiger partial charge on any atom is 0.304 e. The van der Waals surface area contributed by atoms with Crippen molar-refractivity contribution in [3.8, 4) is 0 Å². The van der Waals surface area contributed by atoms with Crippen LogP contribution in [-0.4, -0.2) is 16.9 Å². The van der Waals surface area contributed by atoms with E-state index in [1.54, 1.807) is 5.38 Å². The van der Waals surface area contributed by atoms with Gasteiger partial charge in [-0.3, -0.25) is 9.59 Å². The molecule has 0 bridgehead atoms. The summed E-state index contributed by atoms with van der Waals surface area (Å²) >= 11 is 1.08. The van der Waals surface area contributed by atoms with Gasteiger partial charge in [-0.25, -0.2) is 0 Å². The van der Waals surface area contributed by atoms with Crippen LogP contribution in [0.15, 0.2) is 10.2 Å². The molecule has 0 aliphatic carbocycles. The summed E-state index contributed by atoms with van der Waals surface area (Å²) in [5, 5.41) is 4.36. The zero-order chi connectivity index (χ0) is 11.3. The van der Waals surface area contributed by atoms with E-state index >= 15 is 0 Å². The van der Waals surface area contributed by atoms with Crippen LogP contribution >= 0.6 is 11.3 Å². The number of amides is 1. The van der Waals surface area contributed by atoms with Gasteiger partial charge >= 0.3 is 4.87 Å². The molecule has 1 unspecified atom stereocenters. The van der Waals surface area contributed by atoms with Crippen molar-refractivity contribution in [2.45, 2.75) is 32.4 Å². The molecule has 1 amide bonds. The number of hydrogen-bond acceptors (Lipinski definition) is 4. The first-order valence-electron chi connectivity index (χ1n) is 4.83. The fraction of sp³-hybridized carbons (Fsp3) is 0.556. The Morgan fingerprint density at radius 2 is 2.47 bits per heavy atom. The SMILES string of the molecule is CCCC(N)C(=O)NCc1csc(=O)[nH]1. The van der Waals surface area contributed by atoms with Gasteiger partial charge in [0.25, 0.3) is 0 Å². The predicted octanol–water partition coefficient (Wildman–Crippen LogP) is 0.180. The molecular weight excluding hydrogens is 214 g/mol. The second-order valence-electron chi connectivity index (χ2n) is 3.29. The number of nitrogens with two attached hydrogens (primary N) is 1. The second-order valence-corrected chi connectivity index (χ2v) is 4.13. The molecule has 0 aliphatic rings.